The molecule has 0 aliphatic rings. The fraction of sp³-hybridized carbons (Fsp3) is 0.462. The van der Waals surface area contributed by atoms with Crippen LogP contribution in [0.2, 0.25) is 0 Å². The third kappa shape index (κ3) is 5.03. The molecule has 0 radical (unpaired) electrons. The van der Waals surface area contributed by atoms with Crippen molar-refractivity contribution in [1.29, 1.82) is 0 Å². The van der Waals surface area contributed by atoms with Gasteiger partial charge >= 0.3 is 0 Å². The Morgan fingerprint density at radius 3 is 2.78 bits per heavy atom. The molecule has 8 nitrogen and oxygen atoms in total. The van der Waals surface area contributed by atoms with Crippen LogP contribution in [0.25, 0.3) is 0 Å². The second-order valence-corrected chi connectivity index (χ2v) is 7.99. The molecular weight excluding hydrogens is 336 g/mol. The zero-order valence-corrected chi connectivity index (χ0v) is 14.9. The quantitative estimate of drug-likeness (QED) is 0.617. The van der Waals surface area contributed by atoms with E-state index in [1.807, 2.05) is 14.1 Å². The fourth-order valence-electron chi connectivity index (χ4n) is 1.59. The smallest absolute Gasteiger partial charge is 0.269 e. The van der Waals surface area contributed by atoms with Crippen LogP contribution in [0.3, 0.4) is 0 Å². The molecular formula is C13H18N6O2S2. The Balaban J connectivity index is 1.99. The van der Waals surface area contributed by atoms with E-state index < -0.39 is 0 Å². The largest absolute Gasteiger partial charge is 0.376 e. The van der Waals surface area contributed by atoms with Gasteiger partial charge in [-0.3, -0.25) is 14.9 Å². The summed E-state index contributed by atoms with van der Waals surface area (Å²) < 4.78 is 1.90. The first kappa shape index (κ1) is 17.4. The molecule has 10 heteroatoms. The van der Waals surface area contributed by atoms with Crippen molar-refractivity contribution in [1.82, 2.24) is 20.0 Å². The Hall–Kier alpha value is -1.94. The first-order chi connectivity index (χ1) is 10.8. The van der Waals surface area contributed by atoms with Crippen LogP contribution in [0.15, 0.2) is 21.4 Å². The summed E-state index contributed by atoms with van der Waals surface area (Å²) in [6.45, 7) is 3.94. The number of aromatic nitrogens is 4. The minimum Gasteiger partial charge on any atom is -0.376 e. The Bertz CT molecular complexity index is 740. The molecule has 0 atom stereocenters. The summed E-state index contributed by atoms with van der Waals surface area (Å²) in [5, 5.41) is 15.3. The van der Waals surface area contributed by atoms with E-state index in [9.17, 15) is 9.59 Å². The van der Waals surface area contributed by atoms with Crippen LogP contribution in [-0.4, -0.2) is 45.2 Å². The van der Waals surface area contributed by atoms with Gasteiger partial charge in [0.05, 0.1) is 11.9 Å². The predicted molar refractivity (Wildman–Crippen MR) is 92.4 cm³/mol. The molecule has 1 N–H and O–H groups in total. The van der Waals surface area contributed by atoms with Crippen LogP contribution >= 0.6 is 23.1 Å². The number of hydrogen-bond donors (Lipinski definition) is 1. The van der Waals surface area contributed by atoms with Crippen molar-refractivity contribution >= 4 is 39.8 Å². The Morgan fingerprint density at radius 2 is 2.17 bits per heavy atom. The second-order valence-electron chi connectivity index (χ2n) is 5.19. The van der Waals surface area contributed by atoms with Gasteiger partial charge in [0.25, 0.3) is 5.56 Å². The molecule has 0 saturated carbocycles. The molecule has 0 unspecified atom stereocenters. The molecule has 2 aromatic rings. The molecule has 0 spiro atoms. The summed E-state index contributed by atoms with van der Waals surface area (Å²) >= 11 is 2.88. The van der Waals surface area contributed by atoms with Gasteiger partial charge in [-0.1, -0.05) is 36.9 Å². The van der Waals surface area contributed by atoms with Gasteiger partial charge in [-0.25, -0.2) is 4.68 Å². The predicted octanol–water partition coefficient (Wildman–Crippen LogP) is 1.30. The Kier molecular flexibility index (Phi) is 5.72. The zero-order chi connectivity index (χ0) is 17.0. The summed E-state index contributed by atoms with van der Waals surface area (Å²) in [4.78, 5) is 25.7. The Labute approximate surface area is 141 Å². The normalized spacial score (nSPS) is 10.8. The Morgan fingerprint density at radius 1 is 1.43 bits per heavy atom. The van der Waals surface area contributed by atoms with Crippen LogP contribution in [0.1, 0.15) is 13.8 Å². The molecule has 2 rings (SSSR count). The van der Waals surface area contributed by atoms with Gasteiger partial charge in [0, 0.05) is 25.4 Å². The highest BCUT2D eigenvalue weighted by molar-refractivity contribution is 8.01. The van der Waals surface area contributed by atoms with Gasteiger partial charge in [0.1, 0.15) is 6.54 Å². The summed E-state index contributed by atoms with van der Waals surface area (Å²) in [6, 6.07) is 1.43. The number of rotatable bonds is 6. The van der Waals surface area contributed by atoms with Crippen LogP contribution in [-0.2, 0) is 11.3 Å². The van der Waals surface area contributed by atoms with Crippen LogP contribution in [0.4, 0.5) is 10.8 Å². The zero-order valence-electron chi connectivity index (χ0n) is 13.3. The van der Waals surface area contributed by atoms with Gasteiger partial charge in [-0.05, 0) is 0 Å². The fourth-order valence-corrected chi connectivity index (χ4v) is 3.58. The van der Waals surface area contributed by atoms with E-state index in [1.54, 1.807) is 16.7 Å². The van der Waals surface area contributed by atoms with Crippen LogP contribution < -0.4 is 15.8 Å². The van der Waals surface area contributed by atoms with Crippen molar-refractivity contribution in [3.8, 4) is 0 Å². The lowest BCUT2D eigenvalue weighted by atomic mass is 10.4. The second kappa shape index (κ2) is 7.55. The monoisotopic (exact) mass is 354 g/mol. The van der Waals surface area contributed by atoms with Crippen LogP contribution in [0.5, 0.6) is 0 Å². The molecule has 0 aliphatic heterocycles. The minimum absolute atomic E-state index is 0.168. The first-order valence-corrected chi connectivity index (χ1v) is 8.59. The number of anilines is 2. The number of nitrogens with zero attached hydrogens (tertiary/aromatic N) is 5. The molecule has 23 heavy (non-hydrogen) atoms. The summed E-state index contributed by atoms with van der Waals surface area (Å²) in [5.41, 5.74) is 0.353. The van der Waals surface area contributed by atoms with Gasteiger partial charge < -0.3 is 4.90 Å². The number of carbonyl (C=O) groups is 1. The maximum absolute atomic E-state index is 12.0. The molecule has 2 aromatic heterocycles. The summed E-state index contributed by atoms with van der Waals surface area (Å²) in [7, 11) is 3.63. The van der Waals surface area contributed by atoms with E-state index in [1.165, 1.54) is 23.6 Å². The average molecular weight is 354 g/mol. The lowest BCUT2D eigenvalue weighted by Crippen LogP contribution is -2.30. The standard InChI is InChI=1S/C13H18N6O2S2/c1-8(2)22-13-17-16-12(23-13)15-10(20)7-19-11(21)5-9(6-14-19)18(3)4/h5-6,8H,7H2,1-4H3,(H,15,16,20). The minimum atomic E-state index is -0.366. The maximum atomic E-state index is 12.0. The third-order valence-corrected chi connectivity index (χ3v) is 4.58. The molecule has 0 aliphatic carbocycles. The van der Waals surface area contributed by atoms with E-state index in [-0.39, 0.29) is 18.0 Å². The number of amides is 1. The molecule has 1 amide bonds. The van der Waals surface area contributed by atoms with Crippen molar-refractivity contribution in [3.63, 3.8) is 0 Å². The topological polar surface area (TPSA) is 93.0 Å². The summed E-state index contributed by atoms with van der Waals surface area (Å²) in [6.07, 6.45) is 1.54. The van der Waals surface area contributed by atoms with Crippen molar-refractivity contribution in [3.05, 3.63) is 22.6 Å². The molecule has 2 heterocycles. The molecule has 0 saturated heterocycles. The molecule has 0 fully saturated rings. The molecule has 0 aromatic carbocycles. The maximum Gasteiger partial charge on any atom is 0.269 e. The average Bonchev–Trinajstić information content (AvgIpc) is 2.87. The van der Waals surface area contributed by atoms with Crippen molar-refractivity contribution in [2.75, 3.05) is 24.3 Å². The number of thioether (sulfide) groups is 1. The third-order valence-electron chi connectivity index (χ3n) is 2.65. The van der Waals surface area contributed by atoms with E-state index in [2.05, 4.69) is 34.5 Å². The van der Waals surface area contributed by atoms with Crippen molar-refractivity contribution in [2.24, 2.45) is 0 Å². The highest BCUT2D eigenvalue weighted by Gasteiger charge is 2.11. The SMILES string of the molecule is CC(C)Sc1nnc(NC(=O)Cn2ncc(N(C)C)cc2=O)s1. The van der Waals surface area contributed by atoms with Gasteiger partial charge in [0.2, 0.25) is 11.0 Å². The summed E-state index contributed by atoms with van der Waals surface area (Å²) in [5.74, 6) is -0.366. The lowest BCUT2D eigenvalue weighted by molar-refractivity contribution is -0.117. The van der Waals surface area contributed by atoms with Gasteiger partial charge in [0.15, 0.2) is 4.34 Å². The first-order valence-electron chi connectivity index (χ1n) is 6.89. The number of hydrogen-bond acceptors (Lipinski definition) is 8. The van der Waals surface area contributed by atoms with E-state index in [0.29, 0.717) is 16.1 Å². The van der Waals surface area contributed by atoms with Crippen molar-refractivity contribution < 1.29 is 4.79 Å². The molecule has 124 valence electrons. The van der Waals surface area contributed by atoms with Crippen molar-refractivity contribution in [2.45, 2.75) is 30.0 Å². The van der Waals surface area contributed by atoms with E-state index in [0.717, 1.165) is 9.02 Å². The van der Waals surface area contributed by atoms with Gasteiger partial charge in [-0.2, -0.15) is 5.10 Å². The van der Waals surface area contributed by atoms with Crippen LogP contribution in [0, 0.1) is 0 Å². The highest BCUT2D eigenvalue weighted by atomic mass is 32.2. The van der Waals surface area contributed by atoms with E-state index in [4.69, 9.17) is 0 Å². The number of carbonyl (C=O) groups excluding carboxylic acids is 1. The van der Waals surface area contributed by atoms with Gasteiger partial charge in [-0.15, -0.1) is 10.2 Å². The lowest BCUT2D eigenvalue weighted by Gasteiger charge is -2.12. The van der Waals surface area contributed by atoms with E-state index >= 15 is 0 Å². The number of nitrogens with one attached hydrogen (secondary N) is 1. The molecule has 0 bridgehead atoms. The highest BCUT2D eigenvalue weighted by Crippen LogP contribution is 2.28.